The molecule has 1 amide bonds. The van der Waals surface area contributed by atoms with Crippen LogP contribution in [0.25, 0.3) is 16.7 Å². The van der Waals surface area contributed by atoms with E-state index >= 15 is 0 Å². The van der Waals surface area contributed by atoms with Crippen molar-refractivity contribution in [2.24, 2.45) is 0 Å². The minimum absolute atomic E-state index is 0.0732. The molecule has 4 rings (SSSR count). The van der Waals surface area contributed by atoms with Gasteiger partial charge in [0.25, 0.3) is 5.56 Å². The Morgan fingerprint density at radius 3 is 2.67 bits per heavy atom. The van der Waals surface area contributed by atoms with Crippen molar-refractivity contribution in [3.8, 4) is 0 Å². The SMILES string of the molecule is CCCCn1c(=O)c2ccccc2n2c(SCC(=O)Nc3ccc(Cl)cc3)nnc12. The Kier molecular flexibility index (Phi) is 6.06. The van der Waals surface area contributed by atoms with E-state index in [-0.39, 0.29) is 17.2 Å². The van der Waals surface area contributed by atoms with Crippen molar-refractivity contribution < 1.29 is 4.79 Å². The summed E-state index contributed by atoms with van der Waals surface area (Å²) >= 11 is 7.15. The third-order valence-corrected chi connectivity index (χ3v) is 5.85. The van der Waals surface area contributed by atoms with Gasteiger partial charge in [-0.25, -0.2) is 0 Å². The summed E-state index contributed by atoms with van der Waals surface area (Å²) in [5, 5.41) is 13.1. The number of aryl methyl sites for hydroxylation is 1. The number of halogens is 1. The average Bonchev–Trinajstić information content (AvgIpc) is 3.18. The maximum Gasteiger partial charge on any atom is 0.262 e. The molecule has 0 saturated heterocycles. The van der Waals surface area contributed by atoms with Crippen molar-refractivity contribution in [3.63, 3.8) is 0 Å². The lowest BCUT2D eigenvalue weighted by Crippen LogP contribution is -2.23. The fourth-order valence-electron chi connectivity index (χ4n) is 3.21. The third-order valence-electron chi connectivity index (χ3n) is 4.67. The summed E-state index contributed by atoms with van der Waals surface area (Å²) in [6.45, 7) is 2.65. The van der Waals surface area contributed by atoms with Gasteiger partial charge in [0.05, 0.1) is 16.7 Å². The second kappa shape index (κ2) is 8.89. The van der Waals surface area contributed by atoms with Crippen LogP contribution in [-0.4, -0.2) is 30.8 Å². The van der Waals surface area contributed by atoms with E-state index in [1.165, 1.54) is 11.8 Å². The van der Waals surface area contributed by atoms with Gasteiger partial charge in [0.1, 0.15) is 0 Å². The Bertz CT molecular complexity index is 1270. The molecular formula is C21H20ClN5O2S. The van der Waals surface area contributed by atoms with Crippen LogP contribution in [0, 0.1) is 0 Å². The number of fused-ring (bicyclic) bond motifs is 3. The molecular weight excluding hydrogens is 422 g/mol. The summed E-state index contributed by atoms with van der Waals surface area (Å²) in [7, 11) is 0. The highest BCUT2D eigenvalue weighted by Gasteiger charge is 2.17. The molecule has 0 unspecified atom stereocenters. The predicted octanol–water partition coefficient (Wildman–Crippen LogP) is 4.23. The second-order valence-electron chi connectivity index (χ2n) is 6.79. The van der Waals surface area contributed by atoms with Gasteiger partial charge in [0.15, 0.2) is 5.16 Å². The van der Waals surface area contributed by atoms with Crippen molar-refractivity contribution in [2.45, 2.75) is 31.5 Å². The molecule has 1 N–H and O–H groups in total. The molecule has 30 heavy (non-hydrogen) atoms. The highest BCUT2D eigenvalue weighted by molar-refractivity contribution is 7.99. The number of hydrogen-bond donors (Lipinski definition) is 1. The van der Waals surface area contributed by atoms with Gasteiger partial charge in [0.2, 0.25) is 11.7 Å². The van der Waals surface area contributed by atoms with Gasteiger partial charge < -0.3 is 5.32 Å². The monoisotopic (exact) mass is 441 g/mol. The van der Waals surface area contributed by atoms with E-state index in [9.17, 15) is 9.59 Å². The Morgan fingerprint density at radius 2 is 1.90 bits per heavy atom. The molecule has 2 aromatic carbocycles. The van der Waals surface area contributed by atoms with Crippen molar-refractivity contribution in [2.75, 3.05) is 11.1 Å². The van der Waals surface area contributed by atoms with E-state index < -0.39 is 0 Å². The Labute approximate surface area is 182 Å². The first-order chi connectivity index (χ1) is 14.6. The average molecular weight is 442 g/mol. The van der Waals surface area contributed by atoms with Crippen molar-refractivity contribution in [1.29, 1.82) is 0 Å². The number of rotatable bonds is 7. The highest BCUT2D eigenvalue weighted by Crippen LogP contribution is 2.22. The molecule has 4 aromatic rings. The summed E-state index contributed by atoms with van der Waals surface area (Å²) in [4.78, 5) is 25.3. The summed E-state index contributed by atoms with van der Waals surface area (Å²) in [5.74, 6) is 0.488. The number of unbranched alkanes of at least 4 members (excludes halogenated alkanes) is 1. The molecule has 154 valence electrons. The third kappa shape index (κ3) is 4.06. The normalized spacial score (nSPS) is 11.3. The highest BCUT2D eigenvalue weighted by atomic mass is 35.5. The molecule has 7 nitrogen and oxygen atoms in total. The number of amides is 1. The van der Waals surface area contributed by atoms with E-state index in [0.29, 0.717) is 33.6 Å². The molecule has 0 fully saturated rings. The van der Waals surface area contributed by atoms with E-state index in [1.54, 1.807) is 34.9 Å². The first kappa shape index (κ1) is 20.4. The zero-order valence-corrected chi connectivity index (χ0v) is 17.9. The molecule has 2 heterocycles. The van der Waals surface area contributed by atoms with Gasteiger partial charge in [-0.2, -0.15) is 0 Å². The van der Waals surface area contributed by atoms with Gasteiger partial charge >= 0.3 is 0 Å². The van der Waals surface area contributed by atoms with Crippen LogP contribution in [0.1, 0.15) is 19.8 Å². The lowest BCUT2D eigenvalue weighted by Gasteiger charge is -2.11. The molecule has 0 aliphatic heterocycles. The van der Waals surface area contributed by atoms with Crippen molar-refractivity contribution >= 4 is 51.6 Å². The molecule has 0 radical (unpaired) electrons. The number of carbonyl (C=O) groups is 1. The van der Waals surface area contributed by atoms with Gasteiger partial charge in [0, 0.05) is 17.3 Å². The fourth-order valence-corrected chi connectivity index (χ4v) is 4.07. The Balaban J connectivity index is 1.64. The van der Waals surface area contributed by atoms with Gasteiger partial charge in [-0.15, -0.1) is 10.2 Å². The first-order valence-corrected chi connectivity index (χ1v) is 11.0. The van der Waals surface area contributed by atoms with Gasteiger partial charge in [-0.05, 0) is 42.8 Å². The number of nitrogens with one attached hydrogen (secondary N) is 1. The topological polar surface area (TPSA) is 81.3 Å². The summed E-state index contributed by atoms with van der Waals surface area (Å²) in [6, 6.07) is 14.3. The number of thioether (sulfide) groups is 1. The smallest absolute Gasteiger partial charge is 0.262 e. The van der Waals surface area contributed by atoms with Crippen LogP contribution in [0.5, 0.6) is 0 Å². The van der Waals surface area contributed by atoms with Crippen LogP contribution < -0.4 is 10.9 Å². The molecule has 9 heteroatoms. The van der Waals surface area contributed by atoms with E-state index in [1.807, 2.05) is 22.6 Å². The summed E-state index contributed by atoms with van der Waals surface area (Å²) in [6.07, 6.45) is 1.83. The molecule has 0 bridgehead atoms. The number of hydrogen-bond acceptors (Lipinski definition) is 5. The molecule has 0 saturated carbocycles. The zero-order valence-electron chi connectivity index (χ0n) is 16.3. The minimum atomic E-state index is -0.164. The number of carbonyl (C=O) groups excluding carboxylic acids is 1. The maximum atomic E-state index is 13.0. The lowest BCUT2D eigenvalue weighted by molar-refractivity contribution is -0.113. The van der Waals surface area contributed by atoms with Gasteiger partial charge in [-0.1, -0.05) is 48.8 Å². The number of nitrogens with zero attached hydrogens (tertiary/aromatic N) is 4. The first-order valence-electron chi connectivity index (χ1n) is 9.63. The number of benzene rings is 2. The second-order valence-corrected chi connectivity index (χ2v) is 8.17. The van der Waals surface area contributed by atoms with Gasteiger partial charge in [-0.3, -0.25) is 18.6 Å². The summed E-state index contributed by atoms with van der Waals surface area (Å²) in [5.41, 5.74) is 1.33. The number of aromatic nitrogens is 4. The van der Waals surface area contributed by atoms with Crippen LogP contribution in [0.3, 0.4) is 0 Å². The molecule has 2 aromatic heterocycles. The van der Waals surface area contributed by atoms with Crippen LogP contribution in [0.15, 0.2) is 58.5 Å². The molecule has 0 spiro atoms. The lowest BCUT2D eigenvalue weighted by atomic mass is 10.2. The zero-order chi connectivity index (χ0) is 21.1. The van der Waals surface area contributed by atoms with E-state index in [0.717, 1.165) is 18.4 Å². The fraction of sp³-hybridized carbons (Fsp3) is 0.238. The van der Waals surface area contributed by atoms with Crippen LogP contribution in [0.4, 0.5) is 5.69 Å². The number of para-hydroxylation sites is 1. The van der Waals surface area contributed by atoms with Crippen LogP contribution in [-0.2, 0) is 11.3 Å². The molecule has 0 aliphatic carbocycles. The van der Waals surface area contributed by atoms with Crippen molar-refractivity contribution in [3.05, 3.63) is 63.9 Å². The minimum Gasteiger partial charge on any atom is -0.325 e. The molecule has 0 aliphatic rings. The Morgan fingerprint density at radius 1 is 1.13 bits per heavy atom. The Hall–Kier alpha value is -2.84. The quantitative estimate of drug-likeness (QED) is 0.434. The largest absolute Gasteiger partial charge is 0.325 e. The maximum absolute atomic E-state index is 13.0. The summed E-state index contributed by atoms with van der Waals surface area (Å²) < 4.78 is 3.52. The molecule has 0 atom stereocenters. The van der Waals surface area contributed by atoms with Crippen LogP contribution in [0.2, 0.25) is 5.02 Å². The van der Waals surface area contributed by atoms with E-state index in [2.05, 4.69) is 22.4 Å². The number of anilines is 1. The van der Waals surface area contributed by atoms with E-state index in [4.69, 9.17) is 11.6 Å². The van der Waals surface area contributed by atoms with Crippen molar-refractivity contribution in [1.82, 2.24) is 19.2 Å². The standard InChI is InChI=1S/C21H20ClN5O2S/c1-2-3-12-26-19(29)16-6-4-5-7-17(16)27-20(26)24-25-21(27)30-13-18(28)23-15-10-8-14(22)9-11-15/h4-11H,2-3,12-13H2,1H3,(H,23,28). The predicted molar refractivity (Wildman–Crippen MR) is 120 cm³/mol. The van der Waals surface area contributed by atoms with Crippen LogP contribution >= 0.6 is 23.4 Å².